The van der Waals surface area contributed by atoms with Crippen molar-refractivity contribution in [1.29, 1.82) is 0 Å². The molecule has 98 valence electrons. The molecule has 4 heteroatoms. The van der Waals surface area contributed by atoms with Gasteiger partial charge in [0.1, 0.15) is 0 Å². The van der Waals surface area contributed by atoms with Crippen LogP contribution >= 0.6 is 0 Å². The molecule has 1 fully saturated rings. The summed E-state index contributed by atoms with van der Waals surface area (Å²) in [5.74, 6) is 0.326. The topological polar surface area (TPSA) is 58.6 Å². The molecule has 0 aromatic heterocycles. The number of carbonyl (C=O) groups excluding carboxylic acids is 1. The molecule has 0 amide bonds. The van der Waals surface area contributed by atoms with Crippen molar-refractivity contribution in [2.75, 3.05) is 20.2 Å². The Morgan fingerprint density at radius 1 is 1.53 bits per heavy atom. The Morgan fingerprint density at radius 3 is 2.82 bits per heavy atom. The summed E-state index contributed by atoms with van der Waals surface area (Å²) in [4.78, 5) is 11.3. The molecule has 1 saturated carbocycles. The first kappa shape index (κ1) is 14.2. The quantitative estimate of drug-likeness (QED) is 0.417. The van der Waals surface area contributed by atoms with Gasteiger partial charge in [-0.25, -0.2) is 4.79 Å². The van der Waals surface area contributed by atoms with Crippen molar-refractivity contribution >= 4 is 5.97 Å². The van der Waals surface area contributed by atoms with E-state index in [1.165, 1.54) is 7.11 Å². The normalized spacial score (nSPS) is 25.0. The van der Waals surface area contributed by atoms with Crippen LogP contribution in [0.25, 0.3) is 0 Å². The van der Waals surface area contributed by atoms with Crippen molar-refractivity contribution in [3.63, 3.8) is 0 Å². The van der Waals surface area contributed by atoms with Crippen molar-refractivity contribution in [2.45, 2.75) is 38.7 Å². The van der Waals surface area contributed by atoms with Gasteiger partial charge in [0.05, 0.1) is 13.2 Å². The van der Waals surface area contributed by atoms with Gasteiger partial charge in [0.25, 0.3) is 0 Å². The van der Waals surface area contributed by atoms with Gasteiger partial charge in [-0.15, -0.1) is 0 Å². The van der Waals surface area contributed by atoms with E-state index in [1.54, 1.807) is 0 Å². The smallest absolute Gasteiger partial charge is 0.333 e. The molecule has 0 aromatic rings. The third-order valence-electron chi connectivity index (χ3n) is 3.27. The Balaban J connectivity index is 2.21. The van der Waals surface area contributed by atoms with Gasteiger partial charge in [-0.3, -0.25) is 0 Å². The first-order valence-electron chi connectivity index (χ1n) is 6.33. The number of hydrogen-bond donors (Lipinski definition) is 2. The average molecular weight is 241 g/mol. The molecule has 1 aliphatic rings. The number of aliphatic hydroxyl groups is 1. The van der Waals surface area contributed by atoms with Gasteiger partial charge >= 0.3 is 5.97 Å². The minimum absolute atomic E-state index is 0.112. The molecule has 1 rings (SSSR count). The van der Waals surface area contributed by atoms with E-state index in [0.717, 1.165) is 25.8 Å². The number of methoxy groups -OCH3 is 1. The number of hydrogen-bond acceptors (Lipinski definition) is 4. The summed E-state index contributed by atoms with van der Waals surface area (Å²) in [5.41, 5.74) is 0.714. The molecule has 2 unspecified atom stereocenters. The number of nitrogens with one attached hydrogen (secondary N) is 1. The van der Waals surface area contributed by atoms with Gasteiger partial charge in [-0.1, -0.05) is 13.0 Å². The third kappa shape index (κ3) is 4.88. The largest absolute Gasteiger partial charge is 0.466 e. The molecule has 0 aliphatic heterocycles. The monoisotopic (exact) mass is 241 g/mol. The Hall–Kier alpha value is -0.870. The first-order valence-corrected chi connectivity index (χ1v) is 6.33. The molecular weight excluding hydrogens is 218 g/mol. The van der Waals surface area contributed by atoms with E-state index in [4.69, 9.17) is 0 Å². The van der Waals surface area contributed by atoms with Gasteiger partial charge in [0.15, 0.2) is 0 Å². The van der Waals surface area contributed by atoms with E-state index < -0.39 is 0 Å². The number of ether oxygens (including phenoxy) is 1. The van der Waals surface area contributed by atoms with Crippen LogP contribution in [0.3, 0.4) is 0 Å². The maximum atomic E-state index is 11.3. The van der Waals surface area contributed by atoms with Crippen LogP contribution < -0.4 is 5.32 Å². The molecule has 0 aromatic carbocycles. The van der Waals surface area contributed by atoms with E-state index >= 15 is 0 Å². The summed E-state index contributed by atoms with van der Waals surface area (Å²) in [6.07, 6.45) is 5.38. The molecule has 2 atom stereocenters. The fraction of sp³-hybridized carbons (Fsp3) is 0.769. The van der Waals surface area contributed by atoms with Gasteiger partial charge < -0.3 is 15.2 Å². The van der Waals surface area contributed by atoms with Crippen LogP contribution in [0.4, 0.5) is 0 Å². The fourth-order valence-corrected chi connectivity index (χ4v) is 2.22. The van der Waals surface area contributed by atoms with Crippen molar-refractivity contribution in [3.05, 3.63) is 11.6 Å². The lowest BCUT2D eigenvalue weighted by Gasteiger charge is -2.09. The number of rotatable bonds is 6. The molecular formula is C13H23NO3. The molecule has 0 spiro atoms. The third-order valence-corrected chi connectivity index (χ3v) is 3.27. The standard InChI is InChI=1S/C13H23NO3/c1-3-11(13(16)17-2)6-7-14-9-10-4-5-12(15)8-10/h6,10,12,14-15H,3-5,7-9H2,1-2H3. The lowest BCUT2D eigenvalue weighted by atomic mass is 10.1. The van der Waals surface area contributed by atoms with Crippen molar-refractivity contribution in [2.24, 2.45) is 5.92 Å². The van der Waals surface area contributed by atoms with Crippen LogP contribution in [-0.2, 0) is 9.53 Å². The van der Waals surface area contributed by atoms with Crippen LogP contribution in [0, 0.1) is 5.92 Å². The van der Waals surface area contributed by atoms with E-state index in [1.807, 2.05) is 13.0 Å². The Bertz CT molecular complexity index is 276. The van der Waals surface area contributed by atoms with Crippen LogP contribution in [0.1, 0.15) is 32.6 Å². The highest BCUT2D eigenvalue weighted by atomic mass is 16.5. The van der Waals surface area contributed by atoms with Crippen LogP contribution in [0.2, 0.25) is 0 Å². The van der Waals surface area contributed by atoms with Crippen molar-refractivity contribution in [1.82, 2.24) is 5.32 Å². The van der Waals surface area contributed by atoms with Crippen LogP contribution in [-0.4, -0.2) is 37.4 Å². The Labute approximate surface area is 103 Å². The highest BCUT2D eigenvalue weighted by Gasteiger charge is 2.21. The van der Waals surface area contributed by atoms with Gasteiger partial charge in [0, 0.05) is 12.1 Å². The predicted octanol–water partition coefficient (Wildman–Crippen LogP) is 1.25. The second-order valence-corrected chi connectivity index (χ2v) is 4.57. The predicted molar refractivity (Wildman–Crippen MR) is 66.6 cm³/mol. The van der Waals surface area contributed by atoms with Crippen LogP contribution in [0.15, 0.2) is 11.6 Å². The van der Waals surface area contributed by atoms with Gasteiger partial charge in [-0.05, 0) is 38.1 Å². The summed E-state index contributed by atoms with van der Waals surface area (Å²) in [5, 5.41) is 12.7. The average Bonchev–Trinajstić information content (AvgIpc) is 2.74. The van der Waals surface area contributed by atoms with Crippen molar-refractivity contribution < 1.29 is 14.6 Å². The zero-order valence-electron chi connectivity index (χ0n) is 10.7. The Kier molecular flexibility index (Phi) is 6.22. The SMILES string of the molecule is CCC(=CCNCC1CCC(O)C1)C(=O)OC. The number of carbonyl (C=O) groups is 1. The van der Waals surface area contributed by atoms with E-state index in [9.17, 15) is 9.90 Å². The fourth-order valence-electron chi connectivity index (χ4n) is 2.22. The minimum atomic E-state index is -0.245. The number of esters is 1. The second kappa shape index (κ2) is 7.45. The lowest BCUT2D eigenvalue weighted by Crippen LogP contribution is -2.22. The van der Waals surface area contributed by atoms with Gasteiger partial charge in [0.2, 0.25) is 0 Å². The summed E-state index contributed by atoms with van der Waals surface area (Å²) in [7, 11) is 1.40. The van der Waals surface area contributed by atoms with Crippen molar-refractivity contribution in [3.8, 4) is 0 Å². The molecule has 4 nitrogen and oxygen atoms in total. The lowest BCUT2D eigenvalue weighted by molar-refractivity contribution is -0.136. The highest BCUT2D eigenvalue weighted by molar-refractivity contribution is 5.88. The molecule has 0 saturated heterocycles. The molecule has 17 heavy (non-hydrogen) atoms. The molecule has 0 radical (unpaired) electrons. The number of aliphatic hydroxyl groups excluding tert-OH is 1. The highest BCUT2D eigenvalue weighted by Crippen LogP contribution is 2.24. The summed E-state index contributed by atoms with van der Waals surface area (Å²) >= 11 is 0. The van der Waals surface area contributed by atoms with Crippen LogP contribution in [0.5, 0.6) is 0 Å². The molecule has 2 N–H and O–H groups in total. The summed E-state index contributed by atoms with van der Waals surface area (Å²) in [6, 6.07) is 0. The Morgan fingerprint density at radius 2 is 2.29 bits per heavy atom. The first-order chi connectivity index (χ1) is 8.17. The van der Waals surface area contributed by atoms with E-state index in [2.05, 4.69) is 10.1 Å². The zero-order chi connectivity index (χ0) is 12.7. The molecule has 0 bridgehead atoms. The maximum absolute atomic E-state index is 11.3. The van der Waals surface area contributed by atoms with E-state index in [-0.39, 0.29) is 12.1 Å². The second-order valence-electron chi connectivity index (χ2n) is 4.57. The molecule has 0 heterocycles. The van der Waals surface area contributed by atoms with E-state index in [0.29, 0.717) is 24.5 Å². The van der Waals surface area contributed by atoms with Gasteiger partial charge in [-0.2, -0.15) is 0 Å². The summed E-state index contributed by atoms with van der Waals surface area (Å²) in [6.45, 7) is 3.53. The maximum Gasteiger partial charge on any atom is 0.333 e. The minimum Gasteiger partial charge on any atom is -0.466 e. The molecule has 1 aliphatic carbocycles. The zero-order valence-corrected chi connectivity index (χ0v) is 10.7. The summed E-state index contributed by atoms with van der Waals surface area (Å²) < 4.78 is 4.68.